The van der Waals surface area contributed by atoms with Crippen LogP contribution in [-0.4, -0.2) is 86.2 Å². The van der Waals surface area contributed by atoms with Crippen LogP contribution in [0.15, 0.2) is 9.81 Å². The van der Waals surface area contributed by atoms with Gasteiger partial charge in [0.25, 0.3) is 0 Å². The van der Waals surface area contributed by atoms with Crippen LogP contribution in [0, 0.1) is 0 Å². The summed E-state index contributed by atoms with van der Waals surface area (Å²) in [5.74, 6) is -1.68. The number of thioether (sulfide) groups is 2. The average Bonchev–Trinajstić information content (AvgIpc) is 3.06. The Morgan fingerprint density at radius 2 is 1.13 bits per heavy atom. The Morgan fingerprint density at radius 3 is 1.43 bits per heavy atom. The van der Waals surface area contributed by atoms with Gasteiger partial charge in [-0.2, -0.15) is 0 Å². The van der Waals surface area contributed by atoms with Crippen LogP contribution in [0.4, 0.5) is 9.59 Å². The van der Waals surface area contributed by atoms with Gasteiger partial charge in [0.2, 0.25) is 10.9 Å². The first kappa shape index (κ1) is 26.0. The van der Waals surface area contributed by atoms with Gasteiger partial charge in [-0.05, 0) is 12.8 Å². The zero-order chi connectivity index (χ0) is 22.8. The van der Waals surface area contributed by atoms with Crippen LogP contribution in [0.1, 0.15) is 26.7 Å². The fraction of sp³-hybridized carbons (Fsp3) is 0.667. The zero-order valence-corrected chi connectivity index (χ0v) is 19.6. The van der Waals surface area contributed by atoms with Crippen molar-refractivity contribution in [1.29, 1.82) is 0 Å². The summed E-state index contributed by atoms with van der Waals surface area (Å²) in [4.78, 5) is 51.5. The molecule has 2 atom stereocenters. The molecule has 1 heterocycles. The quantitative estimate of drug-likeness (QED) is 0.175. The van der Waals surface area contributed by atoms with Crippen molar-refractivity contribution in [2.75, 3.05) is 41.4 Å². The molecule has 0 bridgehead atoms. The fourth-order valence-corrected chi connectivity index (χ4v) is 4.53. The number of rotatable bonds is 8. The monoisotopic (exact) mass is 464 g/mol. The molecule has 0 spiro atoms. The fourth-order valence-electron chi connectivity index (χ4n) is 1.82. The third kappa shape index (κ3) is 7.63. The number of hydrogen-bond acceptors (Lipinski definition) is 10. The summed E-state index contributed by atoms with van der Waals surface area (Å²) in [6.45, 7) is 3.90. The summed E-state index contributed by atoms with van der Waals surface area (Å²) >= 11 is 1.85. The molecule has 0 aliphatic carbocycles. The number of esters is 2. The predicted molar refractivity (Wildman–Crippen MR) is 113 cm³/mol. The lowest BCUT2D eigenvalue weighted by Crippen LogP contribution is -2.34. The van der Waals surface area contributed by atoms with E-state index in [9.17, 15) is 19.2 Å². The largest absolute Gasteiger partial charge is 0.462 e. The first-order valence-electron chi connectivity index (χ1n) is 9.30. The smallest absolute Gasteiger partial charge is 0.410 e. The standard InChI is InChI=1S/C18H28N2O8S2/c1-7-9-25-12(21)11(13(22)26-10-8-2)16-29-14(27-17(23)19(3)4)15(30-16)28-18(24)20(5)6/h14-15H,7-10H2,1-6H3. The molecule has 0 aromatic carbocycles. The lowest BCUT2D eigenvalue weighted by Gasteiger charge is -2.21. The molecule has 0 radical (unpaired) electrons. The van der Waals surface area contributed by atoms with E-state index in [1.54, 1.807) is 0 Å². The molecule has 10 nitrogen and oxygen atoms in total. The number of carbonyl (C=O) groups excluding carboxylic acids is 4. The number of hydrogen-bond donors (Lipinski definition) is 0. The van der Waals surface area contributed by atoms with Crippen LogP contribution >= 0.6 is 23.5 Å². The van der Waals surface area contributed by atoms with Crippen molar-refractivity contribution < 1.29 is 38.1 Å². The molecular weight excluding hydrogens is 436 g/mol. The van der Waals surface area contributed by atoms with Crippen molar-refractivity contribution in [2.45, 2.75) is 37.6 Å². The van der Waals surface area contributed by atoms with E-state index in [1.807, 2.05) is 13.8 Å². The number of nitrogens with zero attached hydrogens (tertiary/aromatic N) is 2. The molecule has 1 aliphatic heterocycles. The van der Waals surface area contributed by atoms with Crippen molar-refractivity contribution in [2.24, 2.45) is 0 Å². The molecule has 0 aromatic heterocycles. The van der Waals surface area contributed by atoms with Crippen LogP contribution in [0.25, 0.3) is 0 Å². The third-order valence-corrected chi connectivity index (χ3v) is 6.06. The molecule has 2 amide bonds. The maximum atomic E-state index is 12.5. The topological polar surface area (TPSA) is 112 Å². The summed E-state index contributed by atoms with van der Waals surface area (Å²) in [5.41, 5.74) is -2.25. The maximum Gasteiger partial charge on any atom is 0.410 e. The molecule has 1 fully saturated rings. The summed E-state index contributed by atoms with van der Waals surface area (Å²) < 4.78 is 21.2. The molecule has 30 heavy (non-hydrogen) atoms. The Bertz CT molecular complexity index is 627. The Hall–Kier alpha value is -2.08. The summed E-state index contributed by atoms with van der Waals surface area (Å²) in [5, 5.41) is 0. The van der Waals surface area contributed by atoms with Gasteiger partial charge in [-0.25, -0.2) is 19.2 Å². The summed E-state index contributed by atoms with van der Waals surface area (Å²) in [7, 11) is 6.01. The highest BCUT2D eigenvalue weighted by atomic mass is 32.2. The lowest BCUT2D eigenvalue weighted by molar-refractivity contribution is -0.147. The average molecular weight is 465 g/mol. The van der Waals surface area contributed by atoms with Crippen molar-refractivity contribution in [3.63, 3.8) is 0 Å². The second-order valence-electron chi connectivity index (χ2n) is 6.46. The highest BCUT2D eigenvalue weighted by Crippen LogP contribution is 2.50. The number of amides is 2. The Kier molecular flexibility index (Phi) is 10.9. The van der Waals surface area contributed by atoms with E-state index in [0.717, 1.165) is 23.5 Å². The molecule has 0 N–H and O–H groups in total. The van der Waals surface area contributed by atoms with E-state index in [4.69, 9.17) is 18.9 Å². The molecule has 0 aromatic rings. The number of carbonyl (C=O) groups is 4. The minimum absolute atomic E-state index is 0.129. The lowest BCUT2D eigenvalue weighted by atomic mass is 10.3. The SMILES string of the molecule is CCCOC(=O)C(C(=O)OCCC)=C1SC(OC(=O)N(C)C)C(OC(=O)N(C)C)S1. The normalized spacial score (nSPS) is 17.7. The third-order valence-electron chi connectivity index (χ3n) is 3.32. The highest BCUT2D eigenvalue weighted by Gasteiger charge is 2.43. The minimum atomic E-state index is -0.975. The van der Waals surface area contributed by atoms with E-state index in [0.29, 0.717) is 12.8 Å². The van der Waals surface area contributed by atoms with E-state index in [-0.39, 0.29) is 23.0 Å². The molecular formula is C18H28N2O8S2. The van der Waals surface area contributed by atoms with Crippen molar-refractivity contribution in [3.8, 4) is 0 Å². The Labute approximate surface area is 184 Å². The maximum absolute atomic E-state index is 12.5. The van der Waals surface area contributed by atoms with Gasteiger partial charge in [0.15, 0.2) is 5.57 Å². The van der Waals surface area contributed by atoms with E-state index >= 15 is 0 Å². The van der Waals surface area contributed by atoms with Crippen molar-refractivity contribution >= 4 is 47.6 Å². The molecule has 12 heteroatoms. The minimum Gasteiger partial charge on any atom is -0.462 e. The molecule has 1 aliphatic rings. The second-order valence-corrected chi connectivity index (χ2v) is 8.94. The molecule has 1 rings (SSSR count). The van der Waals surface area contributed by atoms with Gasteiger partial charge in [-0.3, -0.25) is 0 Å². The van der Waals surface area contributed by atoms with E-state index < -0.39 is 35.0 Å². The van der Waals surface area contributed by atoms with Gasteiger partial charge in [0.1, 0.15) is 0 Å². The summed E-state index contributed by atoms with van der Waals surface area (Å²) in [6, 6.07) is 0. The van der Waals surface area contributed by atoms with Crippen LogP contribution in [-0.2, 0) is 28.5 Å². The zero-order valence-electron chi connectivity index (χ0n) is 18.0. The molecule has 170 valence electrons. The molecule has 2 unspecified atom stereocenters. The molecule has 1 saturated heterocycles. The Balaban J connectivity index is 3.23. The molecule has 0 saturated carbocycles. The van der Waals surface area contributed by atoms with Gasteiger partial charge in [-0.15, -0.1) is 0 Å². The Morgan fingerprint density at radius 1 is 0.767 bits per heavy atom. The van der Waals surface area contributed by atoms with E-state index in [2.05, 4.69) is 0 Å². The van der Waals surface area contributed by atoms with Crippen LogP contribution in [0.5, 0.6) is 0 Å². The van der Waals surface area contributed by atoms with Gasteiger partial charge in [0.05, 0.1) is 17.5 Å². The number of ether oxygens (including phenoxy) is 4. The van der Waals surface area contributed by atoms with Crippen molar-refractivity contribution in [1.82, 2.24) is 9.80 Å². The second kappa shape index (κ2) is 12.6. The van der Waals surface area contributed by atoms with Crippen LogP contribution in [0.2, 0.25) is 0 Å². The van der Waals surface area contributed by atoms with Crippen molar-refractivity contribution in [3.05, 3.63) is 9.81 Å². The van der Waals surface area contributed by atoms with Gasteiger partial charge in [0, 0.05) is 28.2 Å². The van der Waals surface area contributed by atoms with Gasteiger partial charge in [-0.1, -0.05) is 37.4 Å². The predicted octanol–water partition coefficient (Wildman–Crippen LogP) is 2.63. The first-order chi connectivity index (χ1) is 14.1. The van der Waals surface area contributed by atoms with Crippen LogP contribution in [0.3, 0.4) is 0 Å². The first-order valence-corrected chi connectivity index (χ1v) is 11.1. The van der Waals surface area contributed by atoms with Gasteiger partial charge >= 0.3 is 24.1 Å². The van der Waals surface area contributed by atoms with E-state index in [1.165, 1.54) is 38.0 Å². The highest BCUT2D eigenvalue weighted by molar-refractivity contribution is 8.25. The van der Waals surface area contributed by atoms with Gasteiger partial charge < -0.3 is 28.7 Å². The summed E-state index contributed by atoms with van der Waals surface area (Å²) in [6.07, 6.45) is -0.178. The van der Waals surface area contributed by atoms with Crippen LogP contribution < -0.4 is 0 Å².